The van der Waals surface area contributed by atoms with Crippen molar-refractivity contribution in [2.24, 2.45) is 0 Å². The van der Waals surface area contributed by atoms with Crippen LogP contribution in [-0.2, 0) is 13.1 Å². The van der Waals surface area contributed by atoms with Crippen LogP contribution in [0.2, 0.25) is 0 Å². The topological polar surface area (TPSA) is 89.4 Å². The van der Waals surface area contributed by atoms with Crippen molar-refractivity contribution in [1.29, 1.82) is 5.26 Å². The van der Waals surface area contributed by atoms with Crippen LogP contribution in [0.5, 0.6) is 0 Å². The summed E-state index contributed by atoms with van der Waals surface area (Å²) in [6, 6.07) is 1.95. The van der Waals surface area contributed by atoms with Crippen LogP contribution in [0.3, 0.4) is 0 Å². The van der Waals surface area contributed by atoms with Crippen LogP contribution in [0, 0.1) is 25.2 Å². The quantitative estimate of drug-likeness (QED) is 0.820. The van der Waals surface area contributed by atoms with E-state index in [9.17, 15) is 4.79 Å². The summed E-state index contributed by atoms with van der Waals surface area (Å²) in [5, 5.41) is 17.4. The molecule has 20 heavy (non-hydrogen) atoms. The van der Waals surface area contributed by atoms with Crippen LogP contribution >= 0.6 is 0 Å². The third kappa shape index (κ3) is 2.45. The lowest BCUT2D eigenvalue weighted by Crippen LogP contribution is -2.29. The molecule has 0 aliphatic rings. The van der Waals surface area contributed by atoms with Gasteiger partial charge in [-0.15, -0.1) is 0 Å². The molecule has 0 fully saturated rings. The summed E-state index contributed by atoms with van der Waals surface area (Å²) < 4.78 is 3.02. The molecule has 0 aliphatic carbocycles. The predicted octanol–water partition coefficient (Wildman–Crippen LogP) is 0.782. The molecule has 0 spiro atoms. The Bertz CT molecular complexity index is 721. The molecule has 0 aliphatic heterocycles. The number of aromatic nitrogens is 5. The first-order valence-electron chi connectivity index (χ1n) is 6.43. The summed E-state index contributed by atoms with van der Waals surface area (Å²) >= 11 is 0. The van der Waals surface area contributed by atoms with Crippen molar-refractivity contribution in [3.8, 4) is 6.07 Å². The van der Waals surface area contributed by atoms with Crippen molar-refractivity contribution in [2.45, 2.75) is 40.3 Å². The van der Waals surface area contributed by atoms with E-state index < -0.39 is 0 Å². The summed E-state index contributed by atoms with van der Waals surface area (Å²) in [5.74, 6) is 0.661. The van der Waals surface area contributed by atoms with E-state index in [0.29, 0.717) is 17.1 Å². The number of hydrogen-bond donors (Lipinski definition) is 0. The van der Waals surface area contributed by atoms with Gasteiger partial charge >= 0.3 is 0 Å². The van der Waals surface area contributed by atoms with E-state index in [1.54, 1.807) is 18.5 Å². The maximum atomic E-state index is 12.2. The average Bonchev–Trinajstić information content (AvgIpc) is 2.85. The zero-order valence-corrected chi connectivity index (χ0v) is 11.8. The lowest BCUT2D eigenvalue weighted by Gasteiger charge is -2.09. The smallest absolute Gasteiger partial charge is 0.266 e. The molecule has 7 heteroatoms. The second kappa shape index (κ2) is 5.65. The second-order valence-corrected chi connectivity index (χ2v) is 4.56. The molecule has 0 saturated carbocycles. The van der Waals surface area contributed by atoms with E-state index in [4.69, 9.17) is 5.26 Å². The van der Waals surface area contributed by atoms with Gasteiger partial charge in [0.25, 0.3) is 5.56 Å². The molecule has 7 nitrogen and oxygen atoms in total. The lowest BCUT2D eigenvalue weighted by atomic mass is 10.1. The van der Waals surface area contributed by atoms with E-state index >= 15 is 0 Å². The number of nitrogens with zero attached hydrogens (tertiary/aromatic N) is 6. The van der Waals surface area contributed by atoms with Crippen molar-refractivity contribution in [1.82, 2.24) is 24.5 Å². The van der Waals surface area contributed by atoms with Gasteiger partial charge in [0, 0.05) is 6.54 Å². The van der Waals surface area contributed by atoms with Gasteiger partial charge in [0.2, 0.25) is 0 Å². The highest BCUT2D eigenvalue weighted by Gasteiger charge is 2.13. The molecule has 0 atom stereocenters. The van der Waals surface area contributed by atoms with Crippen molar-refractivity contribution >= 4 is 0 Å². The van der Waals surface area contributed by atoms with Gasteiger partial charge in [-0.05, 0) is 25.8 Å². The Morgan fingerprint density at radius 3 is 2.75 bits per heavy atom. The Balaban J connectivity index is 2.45. The largest absolute Gasteiger partial charge is 0.285 e. The Morgan fingerprint density at radius 1 is 1.35 bits per heavy atom. The Hall–Kier alpha value is -2.49. The first-order valence-corrected chi connectivity index (χ1v) is 6.43. The van der Waals surface area contributed by atoms with Gasteiger partial charge in [-0.3, -0.25) is 4.79 Å². The van der Waals surface area contributed by atoms with Gasteiger partial charge in [-0.2, -0.15) is 15.5 Å². The summed E-state index contributed by atoms with van der Waals surface area (Å²) in [7, 11) is 0. The molecule has 0 aromatic carbocycles. The molecule has 0 unspecified atom stereocenters. The van der Waals surface area contributed by atoms with Crippen molar-refractivity contribution < 1.29 is 0 Å². The monoisotopic (exact) mass is 272 g/mol. The van der Waals surface area contributed by atoms with E-state index in [1.165, 1.54) is 11.0 Å². The Morgan fingerprint density at radius 2 is 2.10 bits per heavy atom. The van der Waals surface area contributed by atoms with E-state index in [0.717, 1.165) is 13.0 Å². The summed E-state index contributed by atoms with van der Waals surface area (Å²) in [5.41, 5.74) is 1.05. The first-order chi connectivity index (χ1) is 9.58. The highest BCUT2D eigenvalue weighted by atomic mass is 16.1. The van der Waals surface area contributed by atoms with Gasteiger partial charge < -0.3 is 0 Å². The fraction of sp³-hybridized carbons (Fsp3) is 0.462. The minimum absolute atomic E-state index is 0.138. The van der Waals surface area contributed by atoms with Gasteiger partial charge in [-0.25, -0.2) is 14.3 Å². The molecule has 104 valence electrons. The SMILES string of the molecule is CCCn1ncnc1Cn1nc(C)c(C)c(C#N)c1=O. The van der Waals surface area contributed by atoms with Crippen molar-refractivity contribution in [2.75, 3.05) is 0 Å². The van der Waals surface area contributed by atoms with Gasteiger partial charge in [0.1, 0.15) is 30.3 Å². The molecular formula is C13H16N6O. The zero-order chi connectivity index (χ0) is 14.7. The minimum atomic E-state index is -0.387. The number of rotatable bonds is 4. The molecule has 2 rings (SSSR count). The van der Waals surface area contributed by atoms with Crippen LogP contribution < -0.4 is 5.56 Å². The van der Waals surface area contributed by atoms with E-state index in [2.05, 4.69) is 15.2 Å². The molecule has 2 heterocycles. The molecule has 2 aromatic rings. The molecule has 0 amide bonds. The van der Waals surface area contributed by atoms with Gasteiger partial charge in [0.15, 0.2) is 0 Å². The third-order valence-electron chi connectivity index (χ3n) is 3.17. The molecule has 0 saturated heterocycles. The second-order valence-electron chi connectivity index (χ2n) is 4.56. The molecular weight excluding hydrogens is 256 g/mol. The number of aryl methyl sites for hydroxylation is 2. The van der Waals surface area contributed by atoms with Crippen LogP contribution in [0.4, 0.5) is 0 Å². The summed E-state index contributed by atoms with van der Waals surface area (Å²) in [6.45, 7) is 6.50. The molecule has 0 N–H and O–H groups in total. The van der Waals surface area contributed by atoms with E-state index in [1.807, 2.05) is 13.0 Å². The highest BCUT2D eigenvalue weighted by Crippen LogP contribution is 2.06. The maximum Gasteiger partial charge on any atom is 0.285 e. The van der Waals surface area contributed by atoms with Crippen LogP contribution in [0.25, 0.3) is 0 Å². The number of nitriles is 1. The van der Waals surface area contributed by atoms with Crippen LogP contribution in [0.15, 0.2) is 11.1 Å². The predicted molar refractivity (Wildman–Crippen MR) is 72.1 cm³/mol. The van der Waals surface area contributed by atoms with E-state index in [-0.39, 0.29) is 17.7 Å². The first kappa shape index (κ1) is 13.9. The van der Waals surface area contributed by atoms with Gasteiger partial charge in [-0.1, -0.05) is 6.92 Å². The molecule has 2 aromatic heterocycles. The Kier molecular flexibility index (Phi) is 3.94. The fourth-order valence-electron chi connectivity index (χ4n) is 1.95. The maximum absolute atomic E-state index is 12.2. The minimum Gasteiger partial charge on any atom is -0.266 e. The standard InChI is InChI=1S/C13H16N6O/c1-4-5-18-12(15-8-16-18)7-19-13(20)11(6-14)9(2)10(3)17-19/h8H,4-5,7H2,1-3H3. The van der Waals surface area contributed by atoms with Gasteiger partial charge in [0.05, 0.1) is 5.69 Å². The van der Waals surface area contributed by atoms with Crippen molar-refractivity contribution in [3.05, 3.63) is 39.3 Å². The van der Waals surface area contributed by atoms with Crippen LogP contribution in [0.1, 0.15) is 36.0 Å². The highest BCUT2D eigenvalue weighted by molar-refractivity contribution is 5.36. The lowest BCUT2D eigenvalue weighted by molar-refractivity contribution is 0.524. The normalized spacial score (nSPS) is 10.5. The summed E-state index contributed by atoms with van der Waals surface area (Å²) in [4.78, 5) is 16.3. The fourth-order valence-corrected chi connectivity index (χ4v) is 1.95. The average molecular weight is 272 g/mol. The zero-order valence-electron chi connectivity index (χ0n) is 11.8. The van der Waals surface area contributed by atoms with Crippen molar-refractivity contribution in [3.63, 3.8) is 0 Å². The van der Waals surface area contributed by atoms with Crippen LogP contribution in [-0.4, -0.2) is 24.5 Å². The number of hydrogen-bond acceptors (Lipinski definition) is 5. The third-order valence-corrected chi connectivity index (χ3v) is 3.17. The molecule has 0 bridgehead atoms. The molecule has 0 radical (unpaired) electrons. The Labute approximate surface area is 116 Å². The summed E-state index contributed by atoms with van der Waals surface area (Å²) in [6.07, 6.45) is 2.39.